The Labute approximate surface area is 82.0 Å². The molecule has 0 atom stereocenters. The molecule has 0 N–H and O–H groups in total. The van der Waals surface area contributed by atoms with E-state index < -0.39 is 5.97 Å². The van der Waals surface area contributed by atoms with Crippen LogP contribution in [0.25, 0.3) is 0 Å². The molecule has 2 amide bonds. The van der Waals surface area contributed by atoms with E-state index in [1.54, 1.807) is 0 Å². The lowest BCUT2D eigenvalue weighted by molar-refractivity contribution is -0.149. The van der Waals surface area contributed by atoms with Crippen molar-refractivity contribution in [1.29, 1.82) is 0 Å². The molecule has 14 heavy (non-hydrogen) atoms. The van der Waals surface area contributed by atoms with E-state index in [-0.39, 0.29) is 24.8 Å². The molecule has 1 fully saturated rings. The molecule has 0 spiro atoms. The van der Waals surface area contributed by atoms with E-state index in [1.165, 1.54) is 7.11 Å². The van der Waals surface area contributed by atoms with Gasteiger partial charge in [0.1, 0.15) is 0 Å². The first-order valence-electron chi connectivity index (χ1n) is 4.55. The van der Waals surface area contributed by atoms with Crippen LogP contribution in [0.1, 0.15) is 25.7 Å². The highest BCUT2D eigenvalue weighted by Gasteiger charge is 2.25. The van der Waals surface area contributed by atoms with Gasteiger partial charge in [0.15, 0.2) is 0 Å². The van der Waals surface area contributed by atoms with Crippen LogP contribution in [0, 0.1) is 0 Å². The van der Waals surface area contributed by atoms with Gasteiger partial charge in [-0.2, -0.15) is 0 Å². The second-order valence-electron chi connectivity index (χ2n) is 3.12. The minimum absolute atomic E-state index is 0.0774. The van der Waals surface area contributed by atoms with Crippen molar-refractivity contribution in [2.45, 2.75) is 25.7 Å². The van der Waals surface area contributed by atoms with Crippen LogP contribution < -0.4 is 0 Å². The zero-order valence-corrected chi connectivity index (χ0v) is 8.12. The third-order valence-electron chi connectivity index (χ3n) is 2.15. The smallest absolute Gasteiger partial charge is 0.307 e. The first-order valence-corrected chi connectivity index (χ1v) is 4.55. The summed E-state index contributed by atoms with van der Waals surface area (Å²) in [5.41, 5.74) is 0. The molecule has 0 aliphatic carbocycles. The minimum atomic E-state index is -0.406. The highest BCUT2D eigenvalue weighted by molar-refractivity contribution is 5.97. The Morgan fingerprint density at radius 3 is 2.43 bits per heavy atom. The fourth-order valence-corrected chi connectivity index (χ4v) is 1.35. The van der Waals surface area contributed by atoms with Crippen molar-refractivity contribution in [1.82, 2.24) is 4.90 Å². The van der Waals surface area contributed by atoms with Crippen LogP contribution in [0.3, 0.4) is 0 Å². The average Bonchev–Trinajstić information content (AvgIpc) is 2.16. The summed E-state index contributed by atoms with van der Waals surface area (Å²) in [5, 5.41) is 0. The Hall–Kier alpha value is -1.39. The van der Waals surface area contributed by atoms with Gasteiger partial charge in [-0.05, 0) is 6.42 Å². The fourth-order valence-electron chi connectivity index (χ4n) is 1.35. The van der Waals surface area contributed by atoms with Crippen LogP contribution in [0.4, 0.5) is 0 Å². The minimum Gasteiger partial charge on any atom is -0.469 e. The molecule has 0 aromatic rings. The van der Waals surface area contributed by atoms with Gasteiger partial charge in [0, 0.05) is 19.4 Å². The number of hydrogen-bond acceptors (Lipinski definition) is 4. The van der Waals surface area contributed by atoms with E-state index >= 15 is 0 Å². The fraction of sp³-hybridized carbons (Fsp3) is 0.667. The molecule has 1 rings (SSSR count). The molecule has 5 nitrogen and oxygen atoms in total. The van der Waals surface area contributed by atoms with E-state index in [1.807, 2.05) is 0 Å². The summed E-state index contributed by atoms with van der Waals surface area (Å²) in [4.78, 5) is 34.5. The number of carbonyl (C=O) groups excluding carboxylic acids is 3. The summed E-state index contributed by atoms with van der Waals surface area (Å²) in [6, 6.07) is 0. The van der Waals surface area contributed by atoms with Gasteiger partial charge >= 0.3 is 5.97 Å². The molecule has 0 saturated carbocycles. The number of esters is 1. The second-order valence-corrected chi connectivity index (χ2v) is 3.12. The van der Waals surface area contributed by atoms with E-state index in [0.717, 1.165) is 4.90 Å². The number of imide groups is 1. The third kappa shape index (κ3) is 2.55. The maximum atomic E-state index is 11.3. The Kier molecular flexibility index (Phi) is 3.62. The van der Waals surface area contributed by atoms with E-state index in [4.69, 9.17) is 0 Å². The summed E-state index contributed by atoms with van der Waals surface area (Å²) in [6.45, 7) is 0.143. The molecule has 5 heteroatoms. The first-order chi connectivity index (χ1) is 6.65. The lowest BCUT2D eigenvalue weighted by Crippen LogP contribution is -2.41. The molecule has 0 unspecified atom stereocenters. The standard InChI is InChI=1S/C9H13NO4/c1-14-9(13)5-6-10-7(11)3-2-4-8(10)12/h2-6H2,1H3. The molecule has 1 aliphatic heterocycles. The number of carbonyl (C=O) groups is 3. The van der Waals surface area contributed by atoms with Crippen LogP contribution >= 0.6 is 0 Å². The summed E-state index contributed by atoms with van der Waals surface area (Å²) in [7, 11) is 1.28. The Bertz CT molecular complexity index is 246. The lowest BCUT2D eigenvalue weighted by atomic mass is 10.1. The third-order valence-corrected chi connectivity index (χ3v) is 2.15. The number of rotatable bonds is 3. The van der Waals surface area contributed by atoms with Gasteiger partial charge in [0.2, 0.25) is 11.8 Å². The number of hydrogen-bond donors (Lipinski definition) is 0. The number of piperidine rings is 1. The van der Waals surface area contributed by atoms with Crippen LogP contribution in [-0.4, -0.2) is 36.3 Å². The molecule has 1 heterocycles. The van der Waals surface area contributed by atoms with Crippen LogP contribution in [0.5, 0.6) is 0 Å². The van der Waals surface area contributed by atoms with Gasteiger partial charge in [0.05, 0.1) is 13.5 Å². The molecule has 0 bridgehead atoms. The van der Waals surface area contributed by atoms with Gasteiger partial charge in [-0.1, -0.05) is 0 Å². The van der Waals surface area contributed by atoms with Crippen molar-refractivity contribution in [3.63, 3.8) is 0 Å². The molecule has 0 aromatic carbocycles. The quantitative estimate of drug-likeness (QED) is 0.477. The molecule has 1 aliphatic rings. The van der Waals surface area contributed by atoms with Crippen molar-refractivity contribution in [2.24, 2.45) is 0 Å². The molecule has 0 radical (unpaired) electrons. The predicted molar refractivity (Wildman–Crippen MR) is 47.2 cm³/mol. The molecule has 1 saturated heterocycles. The lowest BCUT2D eigenvalue weighted by Gasteiger charge is -2.24. The molecule has 0 aromatic heterocycles. The predicted octanol–water partition coefficient (Wildman–Crippen LogP) is 0.0886. The first kappa shape index (κ1) is 10.7. The van der Waals surface area contributed by atoms with Gasteiger partial charge in [-0.3, -0.25) is 19.3 Å². The zero-order valence-electron chi connectivity index (χ0n) is 8.12. The summed E-state index contributed by atoms with van der Waals surface area (Å²) >= 11 is 0. The largest absolute Gasteiger partial charge is 0.469 e. The maximum Gasteiger partial charge on any atom is 0.307 e. The summed E-state index contributed by atoms with van der Waals surface area (Å²) in [6.07, 6.45) is 1.49. The van der Waals surface area contributed by atoms with Crippen molar-refractivity contribution in [3.8, 4) is 0 Å². The summed E-state index contributed by atoms with van der Waals surface area (Å²) in [5.74, 6) is -0.786. The van der Waals surface area contributed by atoms with E-state index in [2.05, 4.69) is 4.74 Å². The molecule has 78 valence electrons. The zero-order chi connectivity index (χ0) is 10.6. The highest BCUT2D eigenvalue weighted by atomic mass is 16.5. The van der Waals surface area contributed by atoms with Crippen molar-refractivity contribution < 1.29 is 19.1 Å². The Morgan fingerprint density at radius 1 is 1.36 bits per heavy atom. The Balaban J connectivity index is 2.44. The van der Waals surface area contributed by atoms with Crippen LogP contribution in [0.2, 0.25) is 0 Å². The number of amides is 2. The maximum absolute atomic E-state index is 11.3. The second kappa shape index (κ2) is 4.74. The summed E-state index contributed by atoms with van der Waals surface area (Å²) < 4.78 is 4.42. The van der Waals surface area contributed by atoms with Crippen molar-refractivity contribution in [3.05, 3.63) is 0 Å². The van der Waals surface area contributed by atoms with Gasteiger partial charge < -0.3 is 4.74 Å². The highest BCUT2D eigenvalue weighted by Crippen LogP contribution is 2.12. The SMILES string of the molecule is COC(=O)CCN1C(=O)CCCC1=O. The molecular weight excluding hydrogens is 186 g/mol. The van der Waals surface area contributed by atoms with Crippen molar-refractivity contribution >= 4 is 17.8 Å². The normalized spacial score (nSPS) is 17.1. The number of methoxy groups -OCH3 is 1. The van der Waals surface area contributed by atoms with Crippen LogP contribution in [0.15, 0.2) is 0 Å². The number of likely N-dealkylation sites (tertiary alicyclic amines) is 1. The number of nitrogens with zero attached hydrogens (tertiary/aromatic N) is 1. The average molecular weight is 199 g/mol. The number of ether oxygens (including phenoxy) is 1. The van der Waals surface area contributed by atoms with E-state index in [0.29, 0.717) is 19.3 Å². The van der Waals surface area contributed by atoms with Crippen LogP contribution in [-0.2, 0) is 19.1 Å². The molecular formula is C9H13NO4. The van der Waals surface area contributed by atoms with E-state index in [9.17, 15) is 14.4 Å². The topological polar surface area (TPSA) is 63.7 Å². The monoisotopic (exact) mass is 199 g/mol. The van der Waals surface area contributed by atoms with Gasteiger partial charge in [-0.15, -0.1) is 0 Å². The Morgan fingerprint density at radius 2 is 1.93 bits per heavy atom. The van der Waals surface area contributed by atoms with Crippen molar-refractivity contribution in [2.75, 3.05) is 13.7 Å². The van der Waals surface area contributed by atoms with Gasteiger partial charge in [-0.25, -0.2) is 0 Å². The van der Waals surface area contributed by atoms with Gasteiger partial charge in [0.25, 0.3) is 0 Å².